The molecule has 5 nitrogen and oxygen atoms in total. The third kappa shape index (κ3) is 5.76. The summed E-state index contributed by atoms with van der Waals surface area (Å²) < 4.78 is 25.1. The molecule has 0 saturated heterocycles. The van der Waals surface area contributed by atoms with Crippen molar-refractivity contribution in [3.05, 3.63) is 65.2 Å². The molecule has 7 heteroatoms. The summed E-state index contributed by atoms with van der Waals surface area (Å²) in [4.78, 5) is 12.2. The maximum absolute atomic E-state index is 12.2. The Bertz CT molecular complexity index is 825. The monoisotopic (exact) mass is 380 g/mol. The van der Waals surface area contributed by atoms with Gasteiger partial charge in [0.25, 0.3) is 0 Å². The number of amides is 1. The summed E-state index contributed by atoms with van der Waals surface area (Å²) in [5.41, 5.74) is 1.47. The van der Waals surface area contributed by atoms with Gasteiger partial charge in [-0.3, -0.25) is 9.10 Å². The number of hydrogen-bond acceptors (Lipinski definition) is 3. The molecule has 0 saturated carbocycles. The van der Waals surface area contributed by atoms with Gasteiger partial charge in [0.1, 0.15) is 6.54 Å². The second-order valence-electron chi connectivity index (χ2n) is 5.87. The predicted octanol–water partition coefficient (Wildman–Crippen LogP) is 3.03. The zero-order valence-electron chi connectivity index (χ0n) is 14.1. The number of benzene rings is 2. The number of nitrogens with one attached hydrogen (secondary N) is 1. The van der Waals surface area contributed by atoms with Gasteiger partial charge >= 0.3 is 0 Å². The molecule has 0 aliphatic rings. The molecule has 0 heterocycles. The van der Waals surface area contributed by atoms with E-state index < -0.39 is 10.0 Å². The van der Waals surface area contributed by atoms with Crippen LogP contribution in [0.4, 0.5) is 5.69 Å². The van der Waals surface area contributed by atoms with Crippen LogP contribution in [0.5, 0.6) is 0 Å². The molecule has 0 bridgehead atoms. The largest absolute Gasteiger partial charge is 0.354 e. The standard InChI is InChI=1S/C18H21ClN2O3S/c1-14(15-7-4-3-5-8-15)12-20-18(22)13-21(25(2,23)24)17-10-6-9-16(19)11-17/h3-11,14H,12-13H2,1-2H3,(H,20,22)/t14-/m0/s1. The molecule has 25 heavy (non-hydrogen) atoms. The SMILES string of the molecule is C[C@@H](CNC(=O)CN(c1cccc(Cl)c1)S(C)(=O)=O)c1ccccc1. The van der Waals surface area contributed by atoms with Gasteiger partial charge in [-0.2, -0.15) is 0 Å². The molecule has 0 fully saturated rings. The molecule has 134 valence electrons. The van der Waals surface area contributed by atoms with Gasteiger partial charge in [-0.1, -0.05) is 54.9 Å². The Hall–Kier alpha value is -2.05. The van der Waals surface area contributed by atoms with Gasteiger partial charge in [0.15, 0.2) is 0 Å². The predicted molar refractivity (Wildman–Crippen MR) is 102 cm³/mol. The normalized spacial score (nSPS) is 12.4. The van der Waals surface area contributed by atoms with Gasteiger partial charge in [0.2, 0.25) is 15.9 Å². The maximum Gasteiger partial charge on any atom is 0.240 e. The summed E-state index contributed by atoms with van der Waals surface area (Å²) in [5, 5.41) is 3.20. The van der Waals surface area contributed by atoms with Gasteiger partial charge in [-0.15, -0.1) is 0 Å². The molecular weight excluding hydrogens is 360 g/mol. The van der Waals surface area contributed by atoms with E-state index in [1.165, 1.54) is 6.07 Å². The van der Waals surface area contributed by atoms with E-state index in [4.69, 9.17) is 11.6 Å². The van der Waals surface area contributed by atoms with Crippen LogP contribution in [0.15, 0.2) is 54.6 Å². The molecule has 2 rings (SSSR count). The number of halogens is 1. The van der Waals surface area contributed by atoms with E-state index >= 15 is 0 Å². The van der Waals surface area contributed by atoms with Crippen molar-refractivity contribution in [1.82, 2.24) is 5.32 Å². The van der Waals surface area contributed by atoms with Crippen molar-refractivity contribution < 1.29 is 13.2 Å². The van der Waals surface area contributed by atoms with Crippen molar-refractivity contribution in [2.45, 2.75) is 12.8 Å². The first-order chi connectivity index (χ1) is 11.8. The van der Waals surface area contributed by atoms with Crippen molar-refractivity contribution >= 4 is 33.2 Å². The van der Waals surface area contributed by atoms with Crippen molar-refractivity contribution in [3.63, 3.8) is 0 Å². The van der Waals surface area contributed by atoms with Crippen LogP contribution in [0.3, 0.4) is 0 Å². The number of sulfonamides is 1. The first kappa shape index (κ1) is 19.3. The van der Waals surface area contributed by atoms with Gasteiger partial charge in [-0.25, -0.2) is 8.42 Å². The molecule has 1 amide bonds. The van der Waals surface area contributed by atoms with Crippen LogP contribution in [0, 0.1) is 0 Å². The Morgan fingerprint density at radius 1 is 1.16 bits per heavy atom. The number of carbonyl (C=O) groups is 1. The molecule has 0 spiro atoms. The van der Waals surface area contributed by atoms with Crippen LogP contribution in [0.25, 0.3) is 0 Å². The lowest BCUT2D eigenvalue weighted by atomic mass is 10.0. The van der Waals surface area contributed by atoms with E-state index in [9.17, 15) is 13.2 Å². The topological polar surface area (TPSA) is 66.5 Å². The molecule has 2 aromatic rings. The molecule has 0 aliphatic carbocycles. The summed E-state index contributed by atoms with van der Waals surface area (Å²) in [6.45, 7) is 2.14. The van der Waals surface area contributed by atoms with Crippen LogP contribution in [0.2, 0.25) is 5.02 Å². The second kappa shape index (κ2) is 8.36. The summed E-state index contributed by atoms with van der Waals surface area (Å²) >= 11 is 5.92. The number of hydrogen-bond donors (Lipinski definition) is 1. The third-order valence-corrected chi connectivity index (χ3v) is 5.13. The Balaban J connectivity index is 2.03. The molecule has 1 atom stereocenters. The van der Waals surface area contributed by atoms with E-state index in [1.807, 2.05) is 37.3 Å². The summed E-state index contributed by atoms with van der Waals surface area (Å²) in [6.07, 6.45) is 1.06. The third-order valence-electron chi connectivity index (χ3n) is 3.76. The summed E-state index contributed by atoms with van der Waals surface area (Å²) in [5.74, 6) is -0.240. The van der Waals surface area contributed by atoms with Crippen molar-refractivity contribution in [1.29, 1.82) is 0 Å². The minimum Gasteiger partial charge on any atom is -0.354 e. The van der Waals surface area contributed by atoms with Crippen LogP contribution in [0.1, 0.15) is 18.4 Å². The second-order valence-corrected chi connectivity index (χ2v) is 8.21. The molecular formula is C18H21ClN2O3S. The highest BCUT2D eigenvalue weighted by atomic mass is 35.5. The first-order valence-electron chi connectivity index (χ1n) is 7.82. The summed E-state index contributed by atoms with van der Waals surface area (Å²) in [6, 6.07) is 16.2. The quantitative estimate of drug-likeness (QED) is 0.802. The van der Waals surface area contributed by atoms with Gasteiger partial charge < -0.3 is 5.32 Å². The van der Waals surface area contributed by atoms with Crippen LogP contribution in [-0.2, 0) is 14.8 Å². The highest BCUT2D eigenvalue weighted by Crippen LogP contribution is 2.21. The lowest BCUT2D eigenvalue weighted by molar-refractivity contribution is -0.119. The lowest BCUT2D eigenvalue weighted by Crippen LogP contribution is -2.41. The van der Waals surface area contributed by atoms with E-state index in [1.54, 1.807) is 18.2 Å². The number of anilines is 1. The average Bonchev–Trinajstić information content (AvgIpc) is 2.57. The molecule has 2 aromatic carbocycles. The Kier molecular flexibility index (Phi) is 6.45. The highest BCUT2D eigenvalue weighted by Gasteiger charge is 2.21. The highest BCUT2D eigenvalue weighted by molar-refractivity contribution is 7.92. The molecule has 0 aliphatic heterocycles. The lowest BCUT2D eigenvalue weighted by Gasteiger charge is -2.22. The average molecular weight is 381 g/mol. The molecule has 1 N–H and O–H groups in total. The minimum absolute atomic E-state index is 0.128. The first-order valence-corrected chi connectivity index (χ1v) is 10.0. The maximum atomic E-state index is 12.2. The van der Waals surface area contributed by atoms with Crippen LogP contribution < -0.4 is 9.62 Å². The van der Waals surface area contributed by atoms with E-state index in [-0.39, 0.29) is 18.4 Å². The van der Waals surface area contributed by atoms with Crippen molar-refractivity contribution in [3.8, 4) is 0 Å². The van der Waals surface area contributed by atoms with Crippen molar-refractivity contribution in [2.24, 2.45) is 0 Å². The van der Waals surface area contributed by atoms with Gasteiger partial charge in [0, 0.05) is 11.6 Å². The zero-order valence-corrected chi connectivity index (χ0v) is 15.7. The Labute approximate surface area is 153 Å². The number of rotatable bonds is 7. The fraction of sp³-hybridized carbons (Fsp3) is 0.278. The van der Waals surface area contributed by atoms with Gasteiger partial charge in [-0.05, 0) is 29.7 Å². The van der Waals surface area contributed by atoms with Crippen LogP contribution in [-0.4, -0.2) is 33.7 Å². The van der Waals surface area contributed by atoms with E-state index in [2.05, 4.69) is 5.32 Å². The summed E-state index contributed by atoms with van der Waals surface area (Å²) in [7, 11) is -3.61. The Morgan fingerprint density at radius 3 is 2.44 bits per heavy atom. The zero-order chi connectivity index (χ0) is 18.4. The van der Waals surface area contributed by atoms with E-state index in [0.29, 0.717) is 17.3 Å². The minimum atomic E-state index is -3.61. The van der Waals surface area contributed by atoms with Crippen LogP contribution >= 0.6 is 11.6 Å². The number of nitrogens with zero attached hydrogens (tertiary/aromatic N) is 1. The molecule has 0 aromatic heterocycles. The number of carbonyl (C=O) groups excluding carboxylic acids is 1. The fourth-order valence-electron chi connectivity index (χ4n) is 2.38. The Morgan fingerprint density at radius 2 is 1.84 bits per heavy atom. The van der Waals surface area contributed by atoms with Gasteiger partial charge in [0.05, 0.1) is 11.9 Å². The van der Waals surface area contributed by atoms with Crippen molar-refractivity contribution in [2.75, 3.05) is 23.7 Å². The van der Waals surface area contributed by atoms with E-state index in [0.717, 1.165) is 16.1 Å². The molecule has 0 unspecified atom stereocenters. The smallest absolute Gasteiger partial charge is 0.240 e. The fourth-order valence-corrected chi connectivity index (χ4v) is 3.42. The molecule has 0 radical (unpaired) electrons.